The Balaban J connectivity index is 1.79. The molecule has 0 radical (unpaired) electrons. The number of carboxylic acid groups (broad SMARTS) is 1. The molecule has 0 spiro atoms. The molecule has 3 rings (SSSR count). The van der Waals surface area contributed by atoms with Crippen molar-refractivity contribution in [3.05, 3.63) is 34.9 Å². The highest BCUT2D eigenvalue weighted by molar-refractivity contribution is 9.10. The van der Waals surface area contributed by atoms with Crippen molar-refractivity contribution in [2.45, 2.75) is 31.6 Å². The number of aromatic nitrogens is 1. The summed E-state index contributed by atoms with van der Waals surface area (Å²) in [7, 11) is 0. The number of aliphatic carboxylic acids is 1. The summed E-state index contributed by atoms with van der Waals surface area (Å²) in [6.07, 6.45) is 2.76. The first-order chi connectivity index (χ1) is 9.15. The molecule has 0 amide bonds. The van der Waals surface area contributed by atoms with Crippen molar-refractivity contribution in [3.63, 3.8) is 0 Å². The molecule has 2 unspecified atom stereocenters. The molecule has 1 aromatic heterocycles. The summed E-state index contributed by atoms with van der Waals surface area (Å²) >= 11 is 3.53. The van der Waals surface area contributed by atoms with Gasteiger partial charge in [0.2, 0.25) is 0 Å². The van der Waals surface area contributed by atoms with Gasteiger partial charge < -0.3 is 14.4 Å². The fraction of sp³-hybridized carbons (Fsp3) is 0.357. The van der Waals surface area contributed by atoms with Crippen molar-refractivity contribution >= 4 is 32.8 Å². The van der Waals surface area contributed by atoms with Gasteiger partial charge in [0, 0.05) is 28.1 Å². The molecule has 1 fully saturated rings. The second-order valence-electron chi connectivity index (χ2n) is 4.80. The maximum atomic E-state index is 10.9. The van der Waals surface area contributed by atoms with Gasteiger partial charge in [0.05, 0.1) is 6.10 Å². The molecule has 19 heavy (non-hydrogen) atoms. The van der Waals surface area contributed by atoms with Gasteiger partial charge in [0.25, 0.3) is 0 Å². The molecular weight excluding hydrogens is 310 g/mol. The van der Waals surface area contributed by atoms with Gasteiger partial charge in [-0.25, -0.2) is 4.79 Å². The number of ether oxygens (including phenoxy) is 1. The highest BCUT2D eigenvalue weighted by atomic mass is 79.9. The SMILES string of the molecule is O=C(O)C1CCC(Cn2ccc3c(Br)cccc32)O1. The number of carboxylic acids is 1. The Morgan fingerprint density at radius 1 is 1.42 bits per heavy atom. The fourth-order valence-corrected chi connectivity index (χ4v) is 3.07. The maximum Gasteiger partial charge on any atom is 0.332 e. The van der Waals surface area contributed by atoms with E-state index in [2.05, 4.69) is 32.6 Å². The average molecular weight is 324 g/mol. The van der Waals surface area contributed by atoms with E-state index in [1.807, 2.05) is 18.3 Å². The first kappa shape index (κ1) is 12.7. The smallest absolute Gasteiger partial charge is 0.332 e. The minimum Gasteiger partial charge on any atom is -0.479 e. The number of benzene rings is 1. The van der Waals surface area contributed by atoms with Crippen LogP contribution in [0.4, 0.5) is 0 Å². The van der Waals surface area contributed by atoms with Gasteiger partial charge in [-0.15, -0.1) is 0 Å². The molecule has 1 aliphatic rings. The van der Waals surface area contributed by atoms with Crippen LogP contribution in [0, 0.1) is 0 Å². The lowest BCUT2D eigenvalue weighted by Gasteiger charge is -2.13. The van der Waals surface area contributed by atoms with E-state index in [9.17, 15) is 4.79 Å². The van der Waals surface area contributed by atoms with Crippen LogP contribution in [0.25, 0.3) is 10.9 Å². The Hall–Kier alpha value is -1.33. The lowest BCUT2D eigenvalue weighted by Crippen LogP contribution is -2.22. The number of hydrogen-bond donors (Lipinski definition) is 1. The van der Waals surface area contributed by atoms with Crippen LogP contribution in [-0.4, -0.2) is 27.9 Å². The molecule has 5 heteroatoms. The predicted octanol–water partition coefficient (Wildman–Crippen LogP) is 3.04. The number of rotatable bonds is 3. The Kier molecular flexibility index (Phi) is 3.33. The average Bonchev–Trinajstić information content (AvgIpc) is 2.98. The van der Waals surface area contributed by atoms with Gasteiger partial charge in [0.1, 0.15) is 0 Å². The van der Waals surface area contributed by atoms with Crippen LogP contribution in [-0.2, 0) is 16.1 Å². The summed E-state index contributed by atoms with van der Waals surface area (Å²) in [6, 6.07) is 8.13. The molecule has 100 valence electrons. The third-order valence-electron chi connectivity index (χ3n) is 3.54. The number of fused-ring (bicyclic) bond motifs is 1. The summed E-state index contributed by atoms with van der Waals surface area (Å²) in [5.41, 5.74) is 1.14. The highest BCUT2D eigenvalue weighted by Crippen LogP contribution is 2.27. The first-order valence-electron chi connectivity index (χ1n) is 6.27. The van der Waals surface area contributed by atoms with Crippen LogP contribution in [0.5, 0.6) is 0 Å². The van der Waals surface area contributed by atoms with Crippen LogP contribution < -0.4 is 0 Å². The number of hydrogen-bond acceptors (Lipinski definition) is 2. The van der Waals surface area contributed by atoms with E-state index in [0.29, 0.717) is 13.0 Å². The molecule has 2 heterocycles. The summed E-state index contributed by atoms with van der Waals surface area (Å²) in [5, 5.41) is 10.1. The number of halogens is 1. The molecule has 0 bridgehead atoms. The van der Waals surface area contributed by atoms with Crippen molar-refractivity contribution in [3.8, 4) is 0 Å². The van der Waals surface area contributed by atoms with Crippen molar-refractivity contribution in [2.24, 2.45) is 0 Å². The normalized spacial score (nSPS) is 23.0. The van der Waals surface area contributed by atoms with Crippen LogP contribution in [0.3, 0.4) is 0 Å². The minimum atomic E-state index is -0.859. The Morgan fingerprint density at radius 3 is 3.00 bits per heavy atom. The summed E-state index contributed by atoms with van der Waals surface area (Å²) < 4.78 is 8.73. The molecule has 0 aliphatic carbocycles. The third-order valence-corrected chi connectivity index (χ3v) is 4.24. The van der Waals surface area contributed by atoms with E-state index in [-0.39, 0.29) is 6.10 Å². The molecule has 1 aromatic carbocycles. The Morgan fingerprint density at radius 2 is 2.26 bits per heavy atom. The largest absolute Gasteiger partial charge is 0.479 e. The van der Waals surface area contributed by atoms with Gasteiger partial charge in [-0.2, -0.15) is 0 Å². The summed E-state index contributed by atoms with van der Waals surface area (Å²) in [4.78, 5) is 10.9. The van der Waals surface area contributed by atoms with Crippen LogP contribution >= 0.6 is 15.9 Å². The zero-order chi connectivity index (χ0) is 13.4. The number of nitrogens with zero attached hydrogens (tertiary/aromatic N) is 1. The Labute approximate surface area is 119 Å². The van der Waals surface area contributed by atoms with Gasteiger partial charge in [-0.3, -0.25) is 0 Å². The fourth-order valence-electron chi connectivity index (χ4n) is 2.59. The molecule has 1 N–H and O–H groups in total. The van der Waals surface area contributed by atoms with E-state index >= 15 is 0 Å². The number of carbonyl (C=O) groups is 1. The molecular formula is C14H14BrNO3. The zero-order valence-corrected chi connectivity index (χ0v) is 11.8. The van der Waals surface area contributed by atoms with E-state index in [1.54, 1.807) is 0 Å². The van der Waals surface area contributed by atoms with Gasteiger partial charge in [0.15, 0.2) is 6.10 Å². The van der Waals surface area contributed by atoms with E-state index in [4.69, 9.17) is 9.84 Å². The lowest BCUT2D eigenvalue weighted by molar-refractivity contribution is -0.149. The second kappa shape index (κ2) is 4.98. The molecule has 4 nitrogen and oxygen atoms in total. The minimum absolute atomic E-state index is 0.0179. The van der Waals surface area contributed by atoms with Crippen LogP contribution in [0.1, 0.15) is 12.8 Å². The zero-order valence-electron chi connectivity index (χ0n) is 10.3. The lowest BCUT2D eigenvalue weighted by atomic mass is 10.2. The molecule has 0 saturated carbocycles. The first-order valence-corrected chi connectivity index (χ1v) is 7.06. The topological polar surface area (TPSA) is 51.5 Å². The third kappa shape index (κ3) is 2.40. The van der Waals surface area contributed by atoms with Crippen molar-refractivity contribution < 1.29 is 14.6 Å². The molecule has 2 atom stereocenters. The van der Waals surface area contributed by atoms with Gasteiger partial charge in [-0.05, 0) is 31.0 Å². The highest BCUT2D eigenvalue weighted by Gasteiger charge is 2.30. The Bertz CT molecular complexity index is 622. The van der Waals surface area contributed by atoms with E-state index in [1.165, 1.54) is 0 Å². The van der Waals surface area contributed by atoms with Crippen LogP contribution in [0.15, 0.2) is 34.9 Å². The predicted molar refractivity (Wildman–Crippen MR) is 75.2 cm³/mol. The standard InChI is InChI=1S/C14H14BrNO3/c15-11-2-1-3-12-10(11)6-7-16(12)8-9-4-5-13(19-9)14(17)18/h1-3,6-7,9,13H,4-5,8H2,(H,17,18). The van der Waals surface area contributed by atoms with E-state index in [0.717, 1.165) is 21.8 Å². The molecule has 2 aromatic rings. The molecule has 1 saturated heterocycles. The van der Waals surface area contributed by atoms with E-state index < -0.39 is 12.1 Å². The maximum absolute atomic E-state index is 10.9. The quantitative estimate of drug-likeness (QED) is 0.944. The van der Waals surface area contributed by atoms with Gasteiger partial charge in [-0.1, -0.05) is 22.0 Å². The second-order valence-corrected chi connectivity index (χ2v) is 5.66. The van der Waals surface area contributed by atoms with Gasteiger partial charge >= 0.3 is 5.97 Å². The molecule has 1 aliphatic heterocycles. The van der Waals surface area contributed by atoms with Crippen molar-refractivity contribution in [1.82, 2.24) is 4.57 Å². The summed E-state index contributed by atoms with van der Waals surface area (Å²) in [6.45, 7) is 0.698. The summed E-state index contributed by atoms with van der Waals surface area (Å²) in [5.74, 6) is -0.859. The van der Waals surface area contributed by atoms with Crippen LogP contribution in [0.2, 0.25) is 0 Å². The van der Waals surface area contributed by atoms with Crippen molar-refractivity contribution in [1.29, 1.82) is 0 Å². The monoisotopic (exact) mass is 323 g/mol. The van der Waals surface area contributed by atoms with Crippen molar-refractivity contribution in [2.75, 3.05) is 0 Å².